The second-order valence-corrected chi connectivity index (χ2v) is 3.80. The molecule has 9 heteroatoms. The normalized spacial score (nSPS) is 12.1. The fourth-order valence-corrected chi connectivity index (χ4v) is 1.27. The van der Waals surface area contributed by atoms with Gasteiger partial charge in [-0.25, -0.2) is 0 Å². The number of aliphatic carboxylic acids is 1. The number of carbonyl (C=O) groups excluding carboxylic acids is 1. The van der Waals surface area contributed by atoms with Crippen LogP contribution in [0.5, 0.6) is 0 Å². The summed E-state index contributed by atoms with van der Waals surface area (Å²) in [6.45, 7) is 0. The molecule has 0 fully saturated rings. The van der Waals surface area contributed by atoms with Crippen LogP contribution in [0.4, 0.5) is 27.6 Å². The highest BCUT2D eigenvalue weighted by atomic mass is 19.4. The summed E-state index contributed by atoms with van der Waals surface area (Å²) >= 11 is 0. The molecule has 0 saturated carbocycles. The van der Waals surface area contributed by atoms with Crippen molar-refractivity contribution in [3.63, 3.8) is 0 Å². The molecule has 0 heterocycles. The van der Waals surface area contributed by atoms with Crippen molar-refractivity contribution in [1.82, 2.24) is 0 Å². The fourth-order valence-electron chi connectivity index (χ4n) is 1.27. The van der Waals surface area contributed by atoms with Gasteiger partial charge in [0.1, 0.15) is 0 Å². The molecule has 1 aromatic carbocycles. The van der Waals surface area contributed by atoms with Crippen LogP contribution < -0.4 is 5.32 Å². The summed E-state index contributed by atoms with van der Waals surface area (Å²) in [7, 11) is 0. The number of hydrogen-bond donors (Lipinski definition) is 2. The molecular formula is C11H8F5NO3. The molecule has 4 nitrogen and oxygen atoms in total. The molecule has 1 aromatic rings. The van der Waals surface area contributed by atoms with Gasteiger partial charge in [-0.2, -0.15) is 22.0 Å². The average Bonchev–Trinajstić information content (AvgIpc) is 2.26. The highest BCUT2D eigenvalue weighted by Gasteiger charge is 2.63. The lowest BCUT2D eigenvalue weighted by Crippen LogP contribution is -2.47. The third kappa shape index (κ3) is 3.65. The van der Waals surface area contributed by atoms with Crippen molar-refractivity contribution in [3.05, 3.63) is 29.8 Å². The molecule has 0 bridgehead atoms. The zero-order valence-electron chi connectivity index (χ0n) is 9.67. The Labute approximate surface area is 109 Å². The van der Waals surface area contributed by atoms with Crippen molar-refractivity contribution in [2.75, 3.05) is 5.32 Å². The van der Waals surface area contributed by atoms with Crippen molar-refractivity contribution in [2.24, 2.45) is 0 Å². The zero-order chi connectivity index (χ0) is 15.6. The molecule has 0 unspecified atom stereocenters. The van der Waals surface area contributed by atoms with Gasteiger partial charge in [0, 0.05) is 5.69 Å². The summed E-state index contributed by atoms with van der Waals surface area (Å²) in [5, 5.41) is 9.92. The number of benzene rings is 1. The van der Waals surface area contributed by atoms with Crippen LogP contribution in [-0.2, 0) is 16.0 Å². The van der Waals surface area contributed by atoms with Crippen molar-refractivity contribution >= 4 is 17.6 Å². The summed E-state index contributed by atoms with van der Waals surface area (Å²) in [4.78, 5) is 21.4. The molecule has 0 aliphatic carbocycles. The molecule has 0 aliphatic heterocycles. The molecule has 20 heavy (non-hydrogen) atoms. The second kappa shape index (κ2) is 5.43. The summed E-state index contributed by atoms with van der Waals surface area (Å²) in [6, 6.07) is 4.61. The molecule has 0 radical (unpaired) electrons. The Bertz CT molecular complexity index is 527. The van der Waals surface area contributed by atoms with E-state index >= 15 is 0 Å². The van der Waals surface area contributed by atoms with Gasteiger partial charge < -0.3 is 10.4 Å². The summed E-state index contributed by atoms with van der Waals surface area (Å²) in [5.41, 5.74) is -0.205. The van der Waals surface area contributed by atoms with Crippen LogP contribution in [0.15, 0.2) is 24.3 Å². The Balaban J connectivity index is 2.89. The number of carbonyl (C=O) groups is 2. The molecular weight excluding hydrogens is 289 g/mol. The van der Waals surface area contributed by atoms with Gasteiger partial charge in [-0.15, -0.1) is 0 Å². The van der Waals surface area contributed by atoms with E-state index in [2.05, 4.69) is 0 Å². The smallest absolute Gasteiger partial charge is 0.463 e. The summed E-state index contributed by atoms with van der Waals surface area (Å²) in [5.74, 6) is -9.28. The topological polar surface area (TPSA) is 66.4 Å². The highest BCUT2D eigenvalue weighted by Crippen LogP contribution is 2.36. The molecule has 1 amide bonds. The molecule has 0 saturated heterocycles. The molecule has 0 spiro atoms. The van der Waals surface area contributed by atoms with Gasteiger partial charge in [-0.1, -0.05) is 12.1 Å². The highest BCUT2D eigenvalue weighted by molar-refractivity contribution is 5.96. The van der Waals surface area contributed by atoms with E-state index in [1.807, 2.05) is 0 Å². The van der Waals surface area contributed by atoms with Crippen LogP contribution in [0.25, 0.3) is 0 Å². The van der Waals surface area contributed by atoms with E-state index < -0.39 is 30.4 Å². The van der Waals surface area contributed by atoms with Gasteiger partial charge >= 0.3 is 24.0 Å². The maximum atomic E-state index is 12.7. The minimum Gasteiger partial charge on any atom is -0.481 e. The first kappa shape index (κ1) is 15.9. The molecule has 110 valence electrons. The van der Waals surface area contributed by atoms with Gasteiger partial charge in [0.2, 0.25) is 0 Å². The van der Waals surface area contributed by atoms with Crippen molar-refractivity contribution in [1.29, 1.82) is 0 Å². The Kier molecular flexibility index (Phi) is 4.31. The lowest BCUT2D eigenvalue weighted by Gasteiger charge is -2.18. The van der Waals surface area contributed by atoms with Crippen LogP contribution >= 0.6 is 0 Å². The predicted octanol–water partition coefficient (Wildman–Crippen LogP) is 2.45. The van der Waals surface area contributed by atoms with Gasteiger partial charge in [0.25, 0.3) is 0 Å². The van der Waals surface area contributed by atoms with E-state index in [0.29, 0.717) is 0 Å². The number of carboxylic acid groups (broad SMARTS) is 1. The van der Waals surface area contributed by atoms with E-state index in [1.54, 1.807) is 0 Å². The maximum Gasteiger partial charge on any atom is 0.463 e. The van der Waals surface area contributed by atoms with Crippen LogP contribution in [0.3, 0.4) is 0 Å². The summed E-state index contributed by atoms with van der Waals surface area (Å²) < 4.78 is 61.2. The molecule has 1 rings (SSSR count). The standard InChI is InChI=1S/C11H8F5NO3/c12-10(13,11(14,15)16)9(20)17-7-3-1-2-6(4-7)5-8(18)19/h1-4H,5H2,(H,17,20)(H,18,19). The first-order chi connectivity index (χ1) is 9.04. The number of rotatable bonds is 4. The lowest BCUT2D eigenvalue weighted by molar-refractivity contribution is -0.267. The van der Waals surface area contributed by atoms with Gasteiger partial charge in [0.15, 0.2) is 0 Å². The first-order valence-corrected chi connectivity index (χ1v) is 5.11. The Morgan fingerprint density at radius 1 is 1.15 bits per heavy atom. The lowest BCUT2D eigenvalue weighted by atomic mass is 10.1. The largest absolute Gasteiger partial charge is 0.481 e. The molecule has 0 aliphatic rings. The number of amides is 1. The van der Waals surface area contributed by atoms with E-state index in [4.69, 9.17) is 5.11 Å². The third-order valence-corrected chi connectivity index (χ3v) is 2.18. The molecule has 2 N–H and O–H groups in total. The van der Waals surface area contributed by atoms with E-state index in [9.17, 15) is 31.5 Å². The number of halogens is 5. The minimum atomic E-state index is -6.00. The quantitative estimate of drug-likeness (QED) is 0.839. The van der Waals surface area contributed by atoms with Crippen LogP contribution in [0.2, 0.25) is 0 Å². The van der Waals surface area contributed by atoms with Crippen LogP contribution in [0, 0.1) is 0 Å². The van der Waals surface area contributed by atoms with Crippen molar-refractivity contribution < 1.29 is 36.6 Å². The van der Waals surface area contributed by atoms with E-state index in [0.717, 1.165) is 12.1 Å². The Morgan fingerprint density at radius 2 is 1.75 bits per heavy atom. The monoisotopic (exact) mass is 297 g/mol. The number of alkyl halides is 5. The predicted molar refractivity (Wildman–Crippen MR) is 57.4 cm³/mol. The Morgan fingerprint density at radius 3 is 2.25 bits per heavy atom. The van der Waals surface area contributed by atoms with Gasteiger partial charge in [0.05, 0.1) is 6.42 Å². The first-order valence-electron chi connectivity index (χ1n) is 5.11. The van der Waals surface area contributed by atoms with Crippen LogP contribution in [0.1, 0.15) is 5.56 Å². The fraction of sp³-hybridized carbons (Fsp3) is 0.273. The van der Waals surface area contributed by atoms with Gasteiger partial charge in [-0.3, -0.25) is 9.59 Å². The molecule has 0 atom stereocenters. The average molecular weight is 297 g/mol. The zero-order valence-corrected chi connectivity index (χ0v) is 9.67. The Hall–Kier alpha value is -2.19. The van der Waals surface area contributed by atoms with Gasteiger partial charge in [-0.05, 0) is 17.7 Å². The number of hydrogen-bond acceptors (Lipinski definition) is 2. The van der Waals surface area contributed by atoms with E-state index in [-0.39, 0.29) is 11.3 Å². The van der Waals surface area contributed by atoms with E-state index in [1.165, 1.54) is 17.4 Å². The second-order valence-electron chi connectivity index (χ2n) is 3.80. The van der Waals surface area contributed by atoms with Crippen LogP contribution in [-0.4, -0.2) is 29.1 Å². The van der Waals surface area contributed by atoms with Crippen molar-refractivity contribution in [3.8, 4) is 0 Å². The van der Waals surface area contributed by atoms with Crippen molar-refractivity contribution in [2.45, 2.75) is 18.5 Å². The molecule has 0 aromatic heterocycles. The maximum absolute atomic E-state index is 12.7. The summed E-state index contributed by atoms with van der Waals surface area (Å²) in [6.07, 6.45) is -6.46. The third-order valence-electron chi connectivity index (χ3n) is 2.18. The minimum absolute atomic E-state index is 0.144. The number of carboxylic acids is 1. The number of nitrogens with one attached hydrogen (secondary N) is 1. The number of anilines is 1. The SMILES string of the molecule is O=C(O)Cc1cccc(NC(=O)C(F)(F)C(F)(F)F)c1.